The van der Waals surface area contributed by atoms with Crippen molar-refractivity contribution in [1.82, 2.24) is 9.80 Å². The Hall–Kier alpha value is -0.130. The normalized spacial score (nSPS) is 31.5. The summed E-state index contributed by atoms with van der Waals surface area (Å²) in [5.41, 5.74) is 7.71. The minimum Gasteiger partial charge on any atom is -0.328 e. The van der Waals surface area contributed by atoms with Gasteiger partial charge in [0.2, 0.25) is 0 Å². The van der Waals surface area contributed by atoms with E-state index in [1.165, 1.54) is 68.1 Å². The zero-order chi connectivity index (χ0) is 16.5. The highest BCUT2D eigenvalue weighted by atomic mass is 79.9. The zero-order valence-corrected chi connectivity index (χ0v) is 17.4. The largest absolute Gasteiger partial charge is 0.328 e. The SMILES string of the molecule is Cl.NC1CC2CCCC(C1)N2C1CCN(Cc2ccccc2Br)CC1. The summed E-state index contributed by atoms with van der Waals surface area (Å²) in [4.78, 5) is 5.53. The van der Waals surface area contributed by atoms with E-state index in [0.717, 1.165) is 24.7 Å². The molecule has 2 bridgehead atoms. The maximum absolute atomic E-state index is 6.30. The van der Waals surface area contributed by atoms with Crippen molar-refractivity contribution >= 4 is 28.3 Å². The van der Waals surface area contributed by atoms with Gasteiger partial charge in [0, 0.05) is 35.2 Å². The number of halogens is 2. The Morgan fingerprint density at radius 3 is 2.24 bits per heavy atom. The standard InChI is InChI=1S/C20H30BrN3.ClH/c21-20-7-2-1-4-15(20)14-23-10-8-17(9-11-23)24-18-5-3-6-19(24)13-16(22)12-18;/h1-2,4,7,16-19H,3,5-6,8-14,22H2;1H. The lowest BCUT2D eigenvalue weighted by atomic mass is 9.80. The highest BCUT2D eigenvalue weighted by Gasteiger charge is 2.41. The number of likely N-dealkylation sites (tertiary alicyclic amines) is 1. The molecule has 2 atom stereocenters. The lowest BCUT2D eigenvalue weighted by Crippen LogP contribution is -2.60. The van der Waals surface area contributed by atoms with E-state index in [2.05, 4.69) is 50.0 Å². The van der Waals surface area contributed by atoms with Crippen molar-refractivity contribution in [2.24, 2.45) is 5.73 Å². The van der Waals surface area contributed by atoms with Crippen molar-refractivity contribution in [3.63, 3.8) is 0 Å². The third-order valence-electron chi connectivity index (χ3n) is 6.40. The highest BCUT2D eigenvalue weighted by Crippen LogP contribution is 2.37. The zero-order valence-electron chi connectivity index (χ0n) is 14.9. The van der Waals surface area contributed by atoms with Gasteiger partial charge in [-0.05, 0) is 63.2 Å². The summed E-state index contributed by atoms with van der Waals surface area (Å²) in [6.07, 6.45) is 9.28. The molecule has 3 fully saturated rings. The van der Waals surface area contributed by atoms with Gasteiger partial charge in [-0.3, -0.25) is 9.80 Å². The van der Waals surface area contributed by atoms with Crippen LogP contribution in [0.2, 0.25) is 0 Å². The predicted molar refractivity (Wildman–Crippen MR) is 110 cm³/mol. The molecule has 3 aliphatic rings. The summed E-state index contributed by atoms with van der Waals surface area (Å²) in [6.45, 7) is 3.54. The monoisotopic (exact) mass is 427 g/mol. The molecule has 0 aliphatic carbocycles. The van der Waals surface area contributed by atoms with Crippen molar-refractivity contribution in [2.45, 2.75) is 75.7 Å². The number of hydrogen-bond acceptors (Lipinski definition) is 3. The third-order valence-corrected chi connectivity index (χ3v) is 7.17. The molecule has 25 heavy (non-hydrogen) atoms. The molecule has 140 valence electrons. The van der Waals surface area contributed by atoms with Gasteiger partial charge in [0.05, 0.1) is 0 Å². The van der Waals surface area contributed by atoms with Crippen LogP contribution in [0.25, 0.3) is 0 Å². The van der Waals surface area contributed by atoms with Gasteiger partial charge >= 0.3 is 0 Å². The summed E-state index contributed by atoms with van der Waals surface area (Å²) in [6, 6.07) is 11.4. The smallest absolute Gasteiger partial charge is 0.0244 e. The molecule has 0 amide bonds. The van der Waals surface area contributed by atoms with Crippen molar-refractivity contribution in [2.75, 3.05) is 13.1 Å². The molecular formula is C20H31BrClN3. The molecule has 0 saturated carbocycles. The lowest BCUT2D eigenvalue weighted by molar-refractivity contribution is -0.0270. The fourth-order valence-electron chi connectivity index (χ4n) is 5.30. The Morgan fingerprint density at radius 1 is 0.960 bits per heavy atom. The average molecular weight is 429 g/mol. The number of rotatable bonds is 3. The van der Waals surface area contributed by atoms with Crippen LogP contribution < -0.4 is 5.73 Å². The van der Waals surface area contributed by atoms with Crippen LogP contribution in [0.15, 0.2) is 28.7 Å². The van der Waals surface area contributed by atoms with E-state index in [1.807, 2.05) is 0 Å². The topological polar surface area (TPSA) is 32.5 Å². The third kappa shape index (κ3) is 4.41. The summed E-state index contributed by atoms with van der Waals surface area (Å²) in [7, 11) is 0. The van der Waals surface area contributed by atoms with Gasteiger partial charge in [-0.25, -0.2) is 0 Å². The van der Waals surface area contributed by atoms with Gasteiger partial charge in [-0.1, -0.05) is 40.5 Å². The molecule has 0 radical (unpaired) electrons. The van der Waals surface area contributed by atoms with E-state index >= 15 is 0 Å². The van der Waals surface area contributed by atoms with E-state index in [1.54, 1.807) is 0 Å². The van der Waals surface area contributed by atoms with Gasteiger partial charge < -0.3 is 5.73 Å². The van der Waals surface area contributed by atoms with Crippen molar-refractivity contribution < 1.29 is 0 Å². The molecule has 3 aliphatic heterocycles. The number of hydrogen-bond donors (Lipinski definition) is 1. The van der Waals surface area contributed by atoms with Gasteiger partial charge in [0.1, 0.15) is 0 Å². The number of nitrogens with zero attached hydrogens (tertiary/aromatic N) is 2. The van der Waals surface area contributed by atoms with E-state index < -0.39 is 0 Å². The highest BCUT2D eigenvalue weighted by molar-refractivity contribution is 9.10. The number of benzene rings is 1. The van der Waals surface area contributed by atoms with Crippen LogP contribution in [-0.4, -0.2) is 47.1 Å². The summed E-state index contributed by atoms with van der Waals surface area (Å²) in [5, 5.41) is 0. The number of piperidine rings is 3. The molecule has 4 rings (SSSR count). The molecule has 2 N–H and O–H groups in total. The number of fused-ring (bicyclic) bond motifs is 2. The lowest BCUT2D eigenvalue weighted by Gasteiger charge is -2.53. The first kappa shape index (κ1) is 19.6. The molecule has 3 heterocycles. The Morgan fingerprint density at radius 2 is 1.60 bits per heavy atom. The molecule has 0 spiro atoms. The Bertz CT molecular complexity index is 548. The first-order chi connectivity index (χ1) is 11.7. The minimum atomic E-state index is 0. The first-order valence-corrected chi connectivity index (χ1v) is 10.5. The maximum Gasteiger partial charge on any atom is 0.0244 e. The van der Waals surface area contributed by atoms with Crippen molar-refractivity contribution in [3.05, 3.63) is 34.3 Å². The molecule has 3 nitrogen and oxygen atoms in total. The van der Waals surface area contributed by atoms with E-state index in [0.29, 0.717) is 6.04 Å². The van der Waals surface area contributed by atoms with Gasteiger partial charge in [-0.2, -0.15) is 0 Å². The van der Waals surface area contributed by atoms with Crippen LogP contribution in [0.3, 0.4) is 0 Å². The first-order valence-electron chi connectivity index (χ1n) is 9.69. The minimum absolute atomic E-state index is 0. The van der Waals surface area contributed by atoms with Gasteiger partial charge in [0.25, 0.3) is 0 Å². The Balaban J connectivity index is 0.00000182. The van der Waals surface area contributed by atoms with Crippen LogP contribution in [0.4, 0.5) is 0 Å². The fraction of sp³-hybridized carbons (Fsp3) is 0.700. The van der Waals surface area contributed by atoms with Crippen molar-refractivity contribution in [1.29, 1.82) is 0 Å². The van der Waals surface area contributed by atoms with Crippen LogP contribution in [0, 0.1) is 0 Å². The molecule has 1 aromatic carbocycles. The number of nitrogens with two attached hydrogens (primary N) is 1. The summed E-state index contributed by atoms with van der Waals surface area (Å²) in [5.74, 6) is 0. The summed E-state index contributed by atoms with van der Waals surface area (Å²) >= 11 is 3.69. The molecule has 1 aromatic rings. The molecule has 0 aromatic heterocycles. The molecule has 3 saturated heterocycles. The predicted octanol–water partition coefficient (Wildman–Crippen LogP) is 4.18. The van der Waals surface area contributed by atoms with Crippen LogP contribution in [-0.2, 0) is 6.54 Å². The molecular weight excluding hydrogens is 398 g/mol. The van der Waals surface area contributed by atoms with E-state index in [4.69, 9.17) is 5.73 Å². The maximum atomic E-state index is 6.30. The van der Waals surface area contributed by atoms with E-state index in [9.17, 15) is 0 Å². The van der Waals surface area contributed by atoms with Gasteiger partial charge in [-0.15, -0.1) is 12.4 Å². The van der Waals surface area contributed by atoms with Crippen molar-refractivity contribution in [3.8, 4) is 0 Å². The second kappa shape index (κ2) is 8.71. The second-order valence-corrected chi connectivity index (χ2v) is 8.87. The molecule has 2 unspecified atom stereocenters. The summed E-state index contributed by atoms with van der Waals surface area (Å²) < 4.78 is 1.24. The quantitative estimate of drug-likeness (QED) is 0.784. The van der Waals surface area contributed by atoms with E-state index in [-0.39, 0.29) is 12.4 Å². The van der Waals surface area contributed by atoms with Crippen LogP contribution in [0.5, 0.6) is 0 Å². The van der Waals surface area contributed by atoms with Crippen LogP contribution >= 0.6 is 28.3 Å². The second-order valence-electron chi connectivity index (χ2n) is 8.02. The fourth-order valence-corrected chi connectivity index (χ4v) is 5.71. The average Bonchev–Trinajstić information content (AvgIpc) is 2.57. The molecule has 5 heteroatoms. The Kier molecular flexibility index (Phi) is 6.83. The van der Waals surface area contributed by atoms with Crippen LogP contribution in [0.1, 0.15) is 50.5 Å². The Labute approximate surface area is 166 Å². The van der Waals surface area contributed by atoms with Gasteiger partial charge in [0.15, 0.2) is 0 Å².